The minimum absolute atomic E-state index is 0.201. The summed E-state index contributed by atoms with van der Waals surface area (Å²) in [5.74, 6) is -1.15. The van der Waals surface area contributed by atoms with Gasteiger partial charge in [-0.05, 0) is 24.6 Å². The number of halogens is 1. The van der Waals surface area contributed by atoms with Crippen molar-refractivity contribution in [3.05, 3.63) is 56.0 Å². The number of aromatic nitrogens is 4. The molecule has 2 N–H and O–H groups in total. The van der Waals surface area contributed by atoms with E-state index in [0.29, 0.717) is 10.7 Å². The van der Waals surface area contributed by atoms with Crippen molar-refractivity contribution >= 4 is 40.3 Å². The number of amides is 2. The summed E-state index contributed by atoms with van der Waals surface area (Å²) in [6.45, 7) is 1.00. The van der Waals surface area contributed by atoms with Crippen LogP contribution in [-0.4, -0.2) is 37.0 Å². The van der Waals surface area contributed by atoms with E-state index in [4.69, 9.17) is 11.6 Å². The van der Waals surface area contributed by atoms with Gasteiger partial charge in [0.15, 0.2) is 11.2 Å². The number of fused-ring (bicyclic) bond motifs is 1. The Morgan fingerprint density at radius 3 is 2.59 bits per heavy atom. The van der Waals surface area contributed by atoms with Crippen LogP contribution in [0.5, 0.6) is 0 Å². The van der Waals surface area contributed by atoms with Crippen molar-refractivity contribution in [1.82, 2.24) is 24.0 Å². The molecule has 0 unspecified atom stereocenters. The molecule has 0 spiro atoms. The summed E-state index contributed by atoms with van der Waals surface area (Å²) < 4.78 is 3.47. The van der Waals surface area contributed by atoms with E-state index in [1.807, 2.05) is 6.92 Å². The minimum Gasteiger partial charge on any atom is -0.345 e. The molecule has 0 saturated carbocycles. The van der Waals surface area contributed by atoms with Gasteiger partial charge in [0, 0.05) is 14.1 Å². The maximum Gasteiger partial charge on any atom is 0.332 e. The van der Waals surface area contributed by atoms with Gasteiger partial charge in [-0.1, -0.05) is 17.7 Å². The van der Waals surface area contributed by atoms with E-state index < -0.39 is 29.6 Å². The first-order valence-electron chi connectivity index (χ1n) is 8.62. The largest absolute Gasteiger partial charge is 0.345 e. The van der Waals surface area contributed by atoms with Gasteiger partial charge in [-0.25, -0.2) is 14.3 Å². The predicted molar refractivity (Wildman–Crippen MR) is 108 cm³/mol. The van der Waals surface area contributed by atoms with Gasteiger partial charge in [0.1, 0.15) is 6.54 Å². The molecule has 11 heteroatoms. The van der Waals surface area contributed by atoms with E-state index in [-0.39, 0.29) is 17.7 Å². The first-order chi connectivity index (χ1) is 13.7. The number of hydrogen-bond donors (Lipinski definition) is 2. The molecule has 0 aliphatic rings. The average molecular weight is 419 g/mol. The Labute approximate surface area is 169 Å². The summed E-state index contributed by atoms with van der Waals surface area (Å²) in [6.07, 6.45) is 1.41. The molecule has 3 rings (SSSR count). The SMILES string of the molecule is Cc1ccc(NC(=O)CNC(=O)Cn2c(=O)c3c(ncn3C)n(C)c2=O)c(Cl)c1. The van der Waals surface area contributed by atoms with Gasteiger partial charge < -0.3 is 15.2 Å². The highest BCUT2D eigenvalue weighted by molar-refractivity contribution is 6.33. The molecule has 2 amide bonds. The second-order valence-electron chi connectivity index (χ2n) is 6.57. The van der Waals surface area contributed by atoms with Gasteiger partial charge in [0.05, 0.1) is 23.6 Å². The predicted octanol–water partition coefficient (Wildman–Crippen LogP) is 0.150. The van der Waals surface area contributed by atoms with Crippen LogP contribution in [0.4, 0.5) is 5.69 Å². The van der Waals surface area contributed by atoms with Crippen LogP contribution in [0.1, 0.15) is 5.56 Å². The molecule has 0 fully saturated rings. The second kappa shape index (κ2) is 7.92. The summed E-state index contributed by atoms with van der Waals surface area (Å²) in [4.78, 5) is 53.3. The van der Waals surface area contributed by atoms with Crippen molar-refractivity contribution < 1.29 is 9.59 Å². The zero-order valence-electron chi connectivity index (χ0n) is 16.0. The van der Waals surface area contributed by atoms with Crippen LogP contribution >= 0.6 is 11.6 Å². The van der Waals surface area contributed by atoms with Crippen LogP contribution in [0.2, 0.25) is 5.02 Å². The van der Waals surface area contributed by atoms with Crippen LogP contribution in [-0.2, 0) is 30.2 Å². The summed E-state index contributed by atoms with van der Waals surface area (Å²) >= 11 is 6.06. The highest BCUT2D eigenvalue weighted by Crippen LogP contribution is 2.22. The van der Waals surface area contributed by atoms with E-state index >= 15 is 0 Å². The highest BCUT2D eigenvalue weighted by atomic mass is 35.5. The first-order valence-corrected chi connectivity index (χ1v) is 9.00. The lowest BCUT2D eigenvalue weighted by molar-refractivity contribution is -0.124. The number of imidazole rings is 1. The lowest BCUT2D eigenvalue weighted by Gasteiger charge is -2.10. The fourth-order valence-electron chi connectivity index (χ4n) is 2.83. The van der Waals surface area contributed by atoms with Gasteiger partial charge in [0.25, 0.3) is 5.56 Å². The van der Waals surface area contributed by atoms with Crippen LogP contribution in [0.15, 0.2) is 34.1 Å². The number of rotatable bonds is 5. The molecular weight excluding hydrogens is 400 g/mol. The summed E-state index contributed by atoms with van der Waals surface area (Å²) in [5, 5.41) is 5.35. The Morgan fingerprint density at radius 1 is 1.17 bits per heavy atom. The lowest BCUT2D eigenvalue weighted by atomic mass is 10.2. The van der Waals surface area contributed by atoms with E-state index in [0.717, 1.165) is 10.1 Å². The maximum absolute atomic E-state index is 12.6. The van der Waals surface area contributed by atoms with Crippen molar-refractivity contribution in [2.45, 2.75) is 13.5 Å². The van der Waals surface area contributed by atoms with Gasteiger partial charge in [-0.3, -0.25) is 19.0 Å². The fraction of sp³-hybridized carbons (Fsp3) is 0.278. The Morgan fingerprint density at radius 2 is 1.90 bits per heavy atom. The van der Waals surface area contributed by atoms with Crippen molar-refractivity contribution in [1.29, 1.82) is 0 Å². The van der Waals surface area contributed by atoms with Crippen molar-refractivity contribution in [3.8, 4) is 0 Å². The topological polar surface area (TPSA) is 120 Å². The van der Waals surface area contributed by atoms with Crippen LogP contribution in [0.3, 0.4) is 0 Å². The third-order valence-corrected chi connectivity index (χ3v) is 4.66. The number of anilines is 1. The molecule has 0 saturated heterocycles. The summed E-state index contributed by atoms with van der Waals surface area (Å²) in [6, 6.07) is 5.15. The smallest absolute Gasteiger partial charge is 0.332 e. The summed E-state index contributed by atoms with van der Waals surface area (Å²) in [7, 11) is 3.08. The monoisotopic (exact) mass is 418 g/mol. The third-order valence-electron chi connectivity index (χ3n) is 4.35. The molecule has 2 heterocycles. The Kier molecular flexibility index (Phi) is 5.55. The third kappa shape index (κ3) is 4.06. The van der Waals surface area contributed by atoms with Crippen molar-refractivity contribution in [2.75, 3.05) is 11.9 Å². The molecule has 0 atom stereocenters. The molecule has 152 valence electrons. The number of carbonyl (C=O) groups is 2. The quantitative estimate of drug-likeness (QED) is 0.611. The molecular formula is C18H19ClN6O4. The van der Waals surface area contributed by atoms with Gasteiger partial charge in [0.2, 0.25) is 11.8 Å². The molecule has 0 bridgehead atoms. The second-order valence-corrected chi connectivity index (χ2v) is 6.98. The maximum atomic E-state index is 12.6. The van der Waals surface area contributed by atoms with Gasteiger partial charge in [-0.2, -0.15) is 0 Å². The molecule has 3 aromatic rings. The van der Waals surface area contributed by atoms with Crippen molar-refractivity contribution in [2.24, 2.45) is 14.1 Å². The number of hydrogen-bond acceptors (Lipinski definition) is 5. The van der Waals surface area contributed by atoms with Gasteiger partial charge >= 0.3 is 5.69 Å². The van der Waals surface area contributed by atoms with E-state index in [9.17, 15) is 19.2 Å². The summed E-state index contributed by atoms with van der Waals surface area (Å²) in [5.41, 5.74) is 0.489. The molecule has 0 aliphatic heterocycles. The fourth-order valence-corrected chi connectivity index (χ4v) is 3.11. The van der Waals surface area contributed by atoms with Gasteiger partial charge in [-0.15, -0.1) is 0 Å². The number of carbonyl (C=O) groups excluding carboxylic acids is 2. The van der Waals surface area contributed by atoms with Crippen LogP contribution < -0.4 is 21.9 Å². The number of nitrogens with zero attached hydrogens (tertiary/aromatic N) is 4. The van der Waals surface area contributed by atoms with Crippen LogP contribution in [0, 0.1) is 6.92 Å². The molecule has 10 nitrogen and oxygen atoms in total. The molecule has 29 heavy (non-hydrogen) atoms. The normalized spacial score (nSPS) is 10.9. The minimum atomic E-state index is -0.674. The Hall–Kier alpha value is -3.40. The Balaban J connectivity index is 1.70. The molecule has 1 aromatic carbocycles. The first kappa shape index (κ1) is 20.3. The van der Waals surface area contributed by atoms with Crippen molar-refractivity contribution in [3.63, 3.8) is 0 Å². The zero-order valence-corrected chi connectivity index (χ0v) is 16.8. The highest BCUT2D eigenvalue weighted by Gasteiger charge is 2.17. The van der Waals surface area contributed by atoms with E-state index in [1.165, 1.54) is 22.5 Å². The number of aryl methyl sites for hydroxylation is 3. The molecule has 2 aromatic heterocycles. The average Bonchev–Trinajstić information content (AvgIpc) is 3.06. The van der Waals surface area contributed by atoms with Crippen LogP contribution in [0.25, 0.3) is 11.2 Å². The zero-order chi connectivity index (χ0) is 21.3. The number of nitrogens with one attached hydrogen (secondary N) is 2. The standard InChI is InChI=1S/C18H19ClN6O4/c1-10-4-5-12(11(19)6-10)22-13(26)7-20-14(27)8-25-17(28)15-16(21-9-23(15)2)24(3)18(25)29/h4-6,9H,7-8H2,1-3H3,(H,20,27)(H,22,26). The molecule has 0 aliphatic carbocycles. The van der Waals surface area contributed by atoms with E-state index in [2.05, 4.69) is 15.6 Å². The number of benzene rings is 1. The molecule has 0 radical (unpaired) electrons. The van der Waals surface area contributed by atoms with E-state index in [1.54, 1.807) is 25.2 Å². The Bertz CT molecular complexity index is 1240. The lowest BCUT2D eigenvalue weighted by Crippen LogP contribution is -2.44.